The topological polar surface area (TPSA) is 38.0 Å². The van der Waals surface area contributed by atoms with E-state index in [-0.39, 0.29) is 6.54 Å². The summed E-state index contributed by atoms with van der Waals surface area (Å²) in [4.78, 5) is 0. The Morgan fingerprint density at radius 3 is 2.58 bits per heavy atom. The molecule has 0 aliphatic carbocycles. The Hall–Kier alpha value is -0.220. The first kappa shape index (κ1) is 11.8. The van der Waals surface area contributed by atoms with Gasteiger partial charge in [0.15, 0.2) is 0 Å². The van der Waals surface area contributed by atoms with Gasteiger partial charge in [0.25, 0.3) is 6.43 Å². The van der Waals surface area contributed by atoms with Crippen LogP contribution in [0.15, 0.2) is 0 Å². The molecule has 0 heterocycles. The van der Waals surface area contributed by atoms with E-state index in [4.69, 9.17) is 5.73 Å². The third-order valence-corrected chi connectivity index (χ3v) is 1.75. The molecule has 0 aromatic rings. The standard InChI is InChI=1S/C8H18F2N2/c1-7(5-11)3-2-4-12-6-8(9)10/h7-8,12H,2-6,11H2,1H3. The Kier molecular flexibility index (Phi) is 7.29. The van der Waals surface area contributed by atoms with Gasteiger partial charge in [-0.25, -0.2) is 8.78 Å². The Labute approximate surface area is 72.5 Å². The van der Waals surface area contributed by atoms with Gasteiger partial charge in [-0.05, 0) is 31.8 Å². The molecule has 0 saturated carbocycles. The third-order valence-electron chi connectivity index (χ3n) is 1.75. The lowest BCUT2D eigenvalue weighted by atomic mass is 10.1. The molecule has 74 valence electrons. The van der Waals surface area contributed by atoms with Gasteiger partial charge in [-0.3, -0.25) is 0 Å². The van der Waals surface area contributed by atoms with Crippen LogP contribution in [0.5, 0.6) is 0 Å². The van der Waals surface area contributed by atoms with Crippen LogP contribution in [0, 0.1) is 5.92 Å². The van der Waals surface area contributed by atoms with E-state index >= 15 is 0 Å². The van der Waals surface area contributed by atoms with Crippen LogP contribution in [0.2, 0.25) is 0 Å². The predicted molar refractivity (Wildman–Crippen MR) is 46.3 cm³/mol. The summed E-state index contributed by atoms with van der Waals surface area (Å²) in [6.07, 6.45) is -0.311. The summed E-state index contributed by atoms with van der Waals surface area (Å²) in [6, 6.07) is 0. The Morgan fingerprint density at radius 2 is 2.08 bits per heavy atom. The zero-order valence-corrected chi connectivity index (χ0v) is 7.52. The molecular formula is C8H18F2N2. The summed E-state index contributed by atoms with van der Waals surface area (Å²) in [5.41, 5.74) is 5.39. The van der Waals surface area contributed by atoms with Gasteiger partial charge in [0.05, 0.1) is 6.54 Å². The zero-order chi connectivity index (χ0) is 9.40. The second-order valence-corrected chi connectivity index (χ2v) is 3.08. The number of nitrogens with one attached hydrogen (secondary N) is 1. The molecule has 0 aromatic heterocycles. The molecule has 0 saturated heterocycles. The highest BCUT2D eigenvalue weighted by molar-refractivity contribution is 4.55. The van der Waals surface area contributed by atoms with E-state index in [1.807, 2.05) is 0 Å². The lowest BCUT2D eigenvalue weighted by Crippen LogP contribution is -2.23. The molecule has 12 heavy (non-hydrogen) atoms. The average molecular weight is 180 g/mol. The summed E-state index contributed by atoms with van der Waals surface area (Å²) in [5.74, 6) is 0.498. The lowest BCUT2D eigenvalue weighted by Gasteiger charge is -2.08. The Bertz CT molecular complexity index is 99.1. The van der Waals surface area contributed by atoms with E-state index < -0.39 is 6.43 Å². The van der Waals surface area contributed by atoms with E-state index in [9.17, 15) is 8.78 Å². The van der Waals surface area contributed by atoms with Gasteiger partial charge < -0.3 is 11.1 Å². The van der Waals surface area contributed by atoms with E-state index in [2.05, 4.69) is 12.2 Å². The molecule has 3 N–H and O–H groups in total. The van der Waals surface area contributed by atoms with Gasteiger partial charge in [-0.1, -0.05) is 6.92 Å². The molecule has 1 unspecified atom stereocenters. The van der Waals surface area contributed by atoms with Crippen molar-refractivity contribution in [3.05, 3.63) is 0 Å². The van der Waals surface area contributed by atoms with Gasteiger partial charge in [0, 0.05) is 0 Å². The summed E-state index contributed by atoms with van der Waals surface area (Å²) >= 11 is 0. The molecule has 0 fully saturated rings. The number of alkyl halides is 2. The van der Waals surface area contributed by atoms with Crippen LogP contribution >= 0.6 is 0 Å². The minimum Gasteiger partial charge on any atom is -0.330 e. The molecule has 0 spiro atoms. The van der Waals surface area contributed by atoms with Crippen LogP contribution in [-0.2, 0) is 0 Å². The van der Waals surface area contributed by atoms with Crippen molar-refractivity contribution in [3.8, 4) is 0 Å². The zero-order valence-electron chi connectivity index (χ0n) is 7.52. The maximum absolute atomic E-state index is 11.6. The van der Waals surface area contributed by atoms with Crippen LogP contribution in [0.1, 0.15) is 19.8 Å². The van der Waals surface area contributed by atoms with Crippen LogP contribution < -0.4 is 11.1 Å². The minimum absolute atomic E-state index is 0.197. The molecule has 0 radical (unpaired) electrons. The van der Waals surface area contributed by atoms with Crippen LogP contribution in [0.4, 0.5) is 8.78 Å². The first-order valence-corrected chi connectivity index (χ1v) is 4.35. The smallest absolute Gasteiger partial charge is 0.250 e. The van der Waals surface area contributed by atoms with Crippen molar-refractivity contribution in [2.45, 2.75) is 26.2 Å². The van der Waals surface area contributed by atoms with Crippen LogP contribution in [-0.4, -0.2) is 26.1 Å². The Morgan fingerprint density at radius 1 is 1.42 bits per heavy atom. The number of nitrogens with two attached hydrogens (primary N) is 1. The summed E-state index contributed by atoms with van der Waals surface area (Å²) < 4.78 is 23.2. The largest absolute Gasteiger partial charge is 0.330 e. The lowest BCUT2D eigenvalue weighted by molar-refractivity contribution is 0.146. The molecule has 0 aliphatic rings. The first-order chi connectivity index (χ1) is 5.66. The minimum atomic E-state index is -2.24. The van der Waals surface area contributed by atoms with E-state index in [1.165, 1.54) is 0 Å². The molecule has 0 aromatic carbocycles. The number of halogens is 2. The second kappa shape index (κ2) is 7.43. The number of rotatable bonds is 7. The number of hydrogen-bond acceptors (Lipinski definition) is 2. The van der Waals surface area contributed by atoms with Crippen molar-refractivity contribution in [1.82, 2.24) is 5.32 Å². The van der Waals surface area contributed by atoms with E-state index in [1.54, 1.807) is 0 Å². The highest BCUT2D eigenvalue weighted by atomic mass is 19.3. The van der Waals surface area contributed by atoms with E-state index in [0.717, 1.165) is 12.8 Å². The van der Waals surface area contributed by atoms with Crippen LogP contribution in [0.25, 0.3) is 0 Å². The normalized spacial score (nSPS) is 13.8. The van der Waals surface area contributed by atoms with Crippen molar-refractivity contribution >= 4 is 0 Å². The van der Waals surface area contributed by atoms with E-state index in [0.29, 0.717) is 19.0 Å². The summed E-state index contributed by atoms with van der Waals surface area (Å²) in [5, 5.41) is 2.67. The molecule has 1 atom stereocenters. The SMILES string of the molecule is CC(CN)CCCNCC(F)F. The highest BCUT2D eigenvalue weighted by Crippen LogP contribution is 2.01. The molecule has 0 aliphatic heterocycles. The fourth-order valence-electron chi connectivity index (χ4n) is 0.905. The molecule has 0 amide bonds. The van der Waals surface area contributed by atoms with Crippen molar-refractivity contribution in [2.75, 3.05) is 19.6 Å². The maximum atomic E-state index is 11.6. The van der Waals surface area contributed by atoms with Crippen LogP contribution in [0.3, 0.4) is 0 Å². The molecule has 0 rings (SSSR count). The van der Waals surface area contributed by atoms with Gasteiger partial charge >= 0.3 is 0 Å². The third kappa shape index (κ3) is 7.88. The molecule has 4 heteroatoms. The molecular weight excluding hydrogens is 162 g/mol. The second-order valence-electron chi connectivity index (χ2n) is 3.08. The van der Waals surface area contributed by atoms with Crippen molar-refractivity contribution < 1.29 is 8.78 Å². The highest BCUT2D eigenvalue weighted by Gasteiger charge is 2.01. The van der Waals surface area contributed by atoms with Crippen molar-refractivity contribution in [1.29, 1.82) is 0 Å². The summed E-state index contributed by atoms with van der Waals surface area (Å²) in [6.45, 7) is 3.20. The van der Waals surface area contributed by atoms with Gasteiger partial charge in [-0.15, -0.1) is 0 Å². The first-order valence-electron chi connectivity index (χ1n) is 4.35. The Balaban J connectivity index is 3.00. The van der Waals surface area contributed by atoms with Crippen molar-refractivity contribution in [3.63, 3.8) is 0 Å². The maximum Gasteiger partial charge on any atom is 0.250 e. The molecule has 2 nitrogen and oxygen atoms in total. The number of hydrogen-bond donors (Lipinski definition) is 2. The van der Waals surface area contributed by atoms with Gasteiger partial charge in [0.2, 0.25) is 0 Å². The quantitative estimate of drug-likeness (QED) is 0.578. The molecule has 0 bridgehead atoms. The van der Waals surface area contributed by atoms with Gasteiger partial charge in [0.1, 0.15) is 0 Å². The van der Waals surface area contributed by atoms with Crippen molar-refractivity contribution in [2.24, 2.45) is 11.7 Å². The fraction of sp³-hybridized carbons (Fsp3) is 1.00. The fourth-order valence-corrected chi connectivity index (χ4v) is 0.905. The van der Waals surface area contributed by atoms with Gasteiger partial charge in [-0.2, -0.15) is 0 Å². The predicted octanol–water partition coefficient (Wildman–Crippen LogP) is 1.22. The monoisotopic (exact) mass is 180 g/mol. The summed E-state index contributed by atoms with van der Waals surface area (Å²) in [7, 11) is 0. The average Bonchev–Trinajstić information content (AvgIpc) is 2.03.